The molecule has 0 heterocycles. The number of phenolic OH excluding ortho intramolecular Hbond substituents is 1. The highest BCUT2D eigenvalue weighted by Gasteiger charge is 2.15. The second-order valence-electron chi connectivity index (χ2n) is 4.14. The van der Waals surface area contributed by atoms with Crippen molar-refractivity contribution >= 4 is 17.4 Å². The Morgan fingerprint density at radius 2 is 1.89 bits per heavy atom. The molecular formula is C16H13ClO2. The van der Waals surface area contributed by atoms with Gasteiger partial charge in [0.2, 0.25) is 0 Å². The minimum Gasteiger partial charge on any atom is -0.507 e. The summed E-state index contributed by atoms with van der Waals surface area (Å²) in [4.78, 5) is 12.3. The molecule has 3 heteroatoms. The largest absolute Gasteiger partial charge is 0.507 e. The van der Waals surface area contributed by atoms with Crippen molar-refractivity contribution in [3.05, 3.63) is 76.8 Å². The van der Waals surface area contributed by atoms with E-state index in [0.29, 0.717) is 28.1 Å². The van der Waals surface area contributed by atoms with Crippen molar-refractivity contribution in [1.82, 2.24) is 0 Å². The number of benzene rings is 2. The number of hydrogen-bond donors (Lipinski definition) is 1. The topological polar surface area (TPSA) is 37.3 Å². The third kappa shape index (κ3) is 2.85. The SMILES string of the molecule is C=CCc1cccc(C(=O)c2ccc(Cl)cc2)c1O. The smallest absolute Gasteiger partial charge is 0.196 e. The van der Waals surface area contributed by atoms with Crippen LogP contribution in [0.2, 0.25) is 5.02 Å². The van der Waals surface area contributed by atoms with Crippen LogP contribution in [-0.2, 0) is 6.42 Å². The summed E-state index contributed by atoms with van der Waals surface area (Å²) in [5.74, 6) is -0.206. The van der Waals surface area contributed by atoms with E-state index in [4.69, 9.17) is 11.6 Å². The fraction of sp³-hybridized carbons (Fsp3) is 0.0625. The normalized spacial score (nSPS) is 10.2. The molecule has 0 radical (unpaired) electrons. The zero-order valence-corrected chi connectivity index (χ0v) is 11.0. The molecule has 96 valence electrons. The minimum absolute atomic E-state index is 0.0161. The molecule has 0 fully saturated rings. The number of ketones is 1. The molecule has 0 aliphatic heterocycles. The van der Waals surface area contributed by atoms with Crippen LogP contribution in [-0.4, -0.2) is 10.9 Å². The molecule has 0 unspecified atom stereocenters. The summed E-state index contributed by atoms with van der Waals surface area (Å²) < 4.78 is 0. The van der Waals surface area contributed by atoms with Gasteiger partial charge in [0.1, 0.15) is 5.75 Å². The van der Waals surface area contributed by atoms with Crippen LogP contribution < -0.4 is 0 Å². The monoisotopic (exact) mass is 272 g/mol. The van der Waals surface area contributed by atoms with Gasteiger partial charge in [-0.05, 0) is 42.3 Å². The summed E-state index contributed by atoms with van der Waals surface area (Å²) in [6, 6.07) is 11.7. The van der Waals surface area contributed by atoms with E-state index >= 15 is 0 Å². The van der Waals surface area contributed by atoms with Crippen molar-refractivity contribution in [2.24, 2.45) is 0 Å². The average Bonchev–Trinajstić information content (AvgIpc) is 2.41. The van der Waals surface area contributed by atoms with Crippen LogP contribution in [0.5, 0.6) is 5.75 Å². The Kier molecular flexibility index (Phi) is 4.03. The van der Waals surface area contributed by atoms with Gasteiger partial charge in [0.25, 0.3) is 0 Å². The Bertz CT molecular complexity index is 615. The van der Waals surface area contributed by atoms with Gasteiger partial charge in [-0.1, -0.05) is 29.8 Å². The van der Waals surface area contributed by atoms with E-state index in [2.05, 4.69) is 6.58 Å². The number of allylic oxidation sites excluding steroid dienone is 1. The molecule has 0 saturated heterocycles. The van der Waals surface area contributed by atoms with Gasteiger partial charge in [-0.15, -0.1) is 6.58 Å². The highest BCUT2D eigenvalue weighted by atomic mass is 35.5. The Hall–Kier alpha value is -2.06. The standard InChI is InChI=1S/C16H13ClO2/c1-2-4-11-5-3-6-14(15(11)18)16(19)12-7-9-13(17)10-8-12/h2-3,5-10,18H,1,4H2. The van der Waals surface area contributed by atoms with Gasteiger partial charge in [0, 0.05) is 10.6 Å². The van der Waals surface area contributed by atoms with Crippen LogP contribution in [0.3, 0.4) is 0 Å². The van der Waals surface area contributed by atoms with Crippen LogP contribution in [0, 0.1) is 0 Å². The summed E-state index contributed by atoms with van der Waals surface area (Å²) >= 11 is 5.79. The number of para-hydroxylation sites is 1. The third-order valence-electron chi connectivity index (χ3n) is 2.83. The van der Waals surface area contributed by atoms with Gasteiger partial charge in [0.15, 0.2) is 5.78 Å². The molecule has 1 N–H and O–H groups in total. The molecule has 0 saturated carbocycles. The lowest BCUT2D eigenvalue weighted by molar-refractivity contribution is 0.103. The Balaban J connectivity index is 2.41. The van der Waals surface area contributed by atoms with Crippen LogP contribution >= 0.6 is 11.6 Å². The average molecular weight is 273 g/mol. The summed E-state index contributed by atoms with van der Waals surface area (Å²) in [7, 11) is 0. The molecule has 2 aromatic carbocycles. The first-order valence-corrected chi connectivity index (χ1v) is 6.23. The maximum Gasteiger partial charge on any atom is 0.196 e. The predicted octanol–water partition coefficient (Wildman–Crippen LogP) is 4.01. The Morgan fingerprint density at radius 3 is 2.53 bits per heavy atom. The quantitative estimate of drug-likeness (QED) is 0.675. The second kappa shape index (κ2) is 5.72. The van der Waals surface area contributed by atoms with Crippen LogP contribution in [0.4, 0.5) is 0 Å². The molecule has 0 aliphatic rings. The van der Waals surface area contributed by atoms with Crippen molar-refractivity contribution in [2.75, 3.05) is 0 Å². The highest BCUT2D eigenvalue weighted by molar-refractivity contribution is 6.30. The van der Waals surface area contributed by atoms with Crippen molar-refractivity contribution in [1.29, 1.82) is 0 Å². The van der Waals surface area contributed by atoms with E-state index in [0.717, 1.165) is 0 Å². The third-order valence-corrected chi connectivity index (χ3v) is 3.09. The summed E-state index contributed by atoms with van der Waals surface area (Å²) in [6.45, 7) is 3.63. The van der Waals surface area contributed by atoms with Gasteiger partial charge in [-0.25, -0.2) is 0 Å². The number of hydrogen-bond acceptors (Lipinski definition) is 2. The van der Waals surface area contributed by atoms with Gasteiger partial charge in [-0.3, -0.25) is 4.79 Å². The van der Waals surface area contributed by atoms with Crippen molar-refractivity contribution in [3.8, 4) is 5.75 Å². The number of carbonyl (C=O) groups is 1. The number of halogens is 1. The van der Waals surface area contributed by atoms with Crippen LogP contribution in [0.15, 0.2) is 55.1 Å². The first kappa shape index (κ1) is 13.4. The summed E-state index contributed by atoms with van der Waals surface area (Å²) in [5, 5.41) is 10.7. The first-order chi connectivity index (χ1) is 9.13. The fourth-order valence-electron chi connectivity index (χ4n) is 1.85. The molecule has 2 aromatic rings. The molecule has 2 rings (SSSR count). The fourth-order valence-corrected chi connectivity index (χ4v) is 1.98. The zero-order chi connectivity index (χ0) is 13.8. The molecule has 0 aromatic heterocycles. The van der Waals surface area contributed by atoms with Crippen LogP contribution in [0.25, 0.3) is 0 Å². The molecule has 0 aliphatic carbocycles. The van der Waals surface area contributed by atoms with Gasteiger partial charge in [0.05, 0.1) is 5.56 Å². The maximum absolute atomic E-state index is 12.3. The number of aromatic hydroxyl groups is 1. The van der Waals surface area contributed by atoms with E-state index in [-0.39, 0.29) is 11.5 Å². The Morgan fingerprint density at radius 1 is 1.21 bits per heavy atom. The first-order valence-electron chi connectivity index (χ1n) is 5.85. The molecule has 2 nitrogen and oxygen atoms in total. The van der Waals surface area contributed by atoms with Crippen molar-refractivity contribution < 1.29 is 9.90 Å². The predicted molar refractivity (Wildman–Crippen MR) is 76.9 cm³/mol. The number of phenols is 1. The highest BCUT2D eigenvalue weighted by Crippen LogP contribution is 2.26. The van der Waals surface area contributed by atoms with E-state index < -0.39 is 0 Å². The number of rotatable bonds is 4. The van der Waals surface area contributed by atoms with Gasteiger partial charge < -0.3 is 5.11 Å². The van der Waals surface area contributed by atoms with E-state index in [9.17, 15) is 9.90 Å². The lowest BCUT2D eigenvalue weighted by Crippen LogP contribution is -2.02. The summed E-state index contributed by atoms with van der Waals surface area (Å²) in [5.41, 5.74) is 1.48. The number of carbonyl (C=O) groups excluding carboxylic acids is 1. The van der Waals surface area contributed by atoms with Crippen molar-refractivity contribution in [3.63, 3.8) is 0 Å². The molecule has 0 amide bonds. The zero-order valence-electron chi connectivity index (χ0n) is 10.3. The minimum atomic E-state index is -0.222. The van der Waals surface area contributed by atoms with E-state index in [1.54, 1.807) is 48.5 Å². The maximum atomic E-state index is 12.3. The molecule has 0 spiro atoms. The lowest BCUT2D eigenvalue weighted by Gasteiger charge is -2.08. The van der Waals surface area contributed by atoms with E-state index in [1.807, 2.05) is 0 Å². The molecular weight excluding hydrogens is 260 g/mol. The van der Waals surface area contributed by atoms with Crippen molar-refractivity contribution in [2.45, 2.75) is 6.42 Å². The second-order valence-corrected chi connectivity index (χ2v) is 4.58. The lowest BCUT2D eigenvalue weighted by atomic mass is 9.99. The molecule has 0 atom stereocenters. The van der Waals surface area contributed by atoms with Gasteiger partial charge in [-0.2, -0.15) is 0 Å². The molecule has 19 heavy (non-hydrogen) atoms. The summed E-state index contributed by atoms with van der Waals surface area (Å²) in [6.07, 6.45) is 2.21. The van der Waals surface area contributed by atoms with Gasteiger partial charge >= 0.3 is 0 Å². The van der Waals surface area contributed by atoms with Crippen LogP contribution in [0.1, 0.15) is 21.5 Å². The Labute approximate surface area is 117 Å². The molecule has 0 bridgehead atoms. The van der Waals surface area contributed by atoms with E-state index in [1.165, 1.54) is 0 Å².